The molecular formula is C14H22N2O2S. The van der Waals surface area contributed by atoms with Crippen molar-refractivity contribution in [2.45, 2.75) is 45.1 Å². The number of hydrogen-bond acceptors (Lipinski definition) is 4. The van der Waals surface area contributed by atoms with Crippen LogP contribution < -0.4 is 5.32 Å². The van der Waals surface area contributed by atoms with Crippen molar-refractivity contribution in [3.8, 4) is 0 Å². The van der Waals surface area contributed by atoms with Crippen molar-refractivity contribution in [1.82, 2.24) is 10.3 Å². The van der Waals surface area contributed by atoms with E-state index in [0.29, 0.717) is 18.4 Å². The largest absolute Gasteiger partial charge is 0.384 e. The van der Waals surface area contributed by atoms with Gasteiger partial charge < -0.3 is 10.1 Å². The van der Waals surface area contributed by atoms with E-state index in [0.717, 1.165) is 43.0 Å². The Balaban J connectivity index is 1.62. The van der Waals surface area contributed by atoms with E-state index in [1.807, 2.05) is 6.92 Å². The zero-order valence-corrected chi connectivity index (χ0v) is 12.5. The third-order valence-corrected chi connectivity index (χ3v) is 4.47. The Morgan fingerprint density at radius 2 is 2.42 bits per heavy atom. The molecule has 0 aliphatic heterocycles. The average molecular weight is 282 g/mol. The normalized spacial score (nSPS) is 22.0. The molecule has 1 aliphatic rings. The summed E-state index contributed by atoms with van der Waals surface area (Å²) in [6, 6.07) is 0.328. The van der Waals surface area contributed by atoms with Crippen LogP contribution in [0.25, 0.3) is 0 Å². The van der Waals surface area contributed by atoms with Crippen molar-refractivity contribution in [2.24, 2.45) is 5.92 Å². The molecule has 2 rings (SSSR count). The van der Waals surface area contributed by atoms with Gasteiger partial charge >= 0.3 is 0 Å². The van der Waals surface area contributed by atoms with E-state index in [-0.39, 0.29) is 5.91 Å². The second-order valence-corrected chi connectivity index (χ2v) is 6.24. The van der Waals surface area contributed by atoms with Gasteiger partial charge in [0, 0.05) is 30.9 Å². The number of methoxy groups -OCH3 is 1. The molecule has 5 heteroatoms. The van der Waals surface area contributed by atoms with Crippen LogP contribution in [0.1, 0.15) is 36.4 Å². The van der Waals surface area contributed by atoms with E-state index in [9.17, 15) is 4.79 Å². The molecule has 0 aromatic carbocycles. The van der Waals surface area contributed by atoms with Gasteiger partial charge in [0.2, 0.25) is 5.91 Å². The van der Waals surface area contributed by atoms with Crippen LogP contribution >= 0.6 is 11.3 Å². The van der Waals surface area contributed by atoms with Crippen LogP contribution in [-0.4, -0.2) is 30.6 Å². The summed E-state index contributed by atoms with van der Waals surface area (Å²) in [5, 5.41) is 6.28. The molecule has 1 fully saturated rings. The van der Waals surface area contributed by atoms with Gasteiger partial charge in [-0.05, 0) is 32.6 Å². The Labute approximate surface area is 118 Å². The minimum atomic E-state index is 0.165. The molecule has 1 heterocycles. The molecule has 1 amide bonds. The molecule has 1 saturated carbocycles. The fraction of sp³-hybridized carbons (Fsp3) is 0.714. The molecule has 1 aliphatic carbocycles. The van der Waals surface area contributed by atoms with Crippen molar-refractivity contribution in [1.29, 1.82) is 0 Å². The van der Waals surface area contributed by atoms with Crippen molar-refractivity contribution in [2.75, 3.05) is 13.7 Å². The zero-order chi connectivity index (χ0) is 13.7. The molecule has 1 aromatic heterocycles. The average Bonchev–Trinajstić information content (AvgIpc) is 2.78. The summed E-state index contributed by atoms with van der Waals surface area (Å²) in [6.07, 6.45) is 4.61. The maximum Gasteiger partial charge on any atom is 0.220 e. The fourth-order valence-electron chi connectivity index (χ4n) is 2.40. The number of aryl methyl sites for hydroxylation is 2. The van der Waals surface area contributed by atoms with Crippen molar-refractivity contribution in [3.05, 3.63) is 16.1 Å². The minimum Gasteiger partial charge on any atom is -0.384 e. The molecule has 0 unspecified atom stereocenters. The molecular weight excluding hydrogens is 260 g/mol. The lowest BCUT2D eigenvalue weighted by Gasteiger charge is -2.36. The van der Waals surface area contributed by atoms with Gasteiger partial charge in [0.05, 0.1) is 17.3 Å². The van der Waals surface area contributed by atoms with Gasteiger partial charge in [0.15, 0.2) is 0 Å². The third kappa shape index (κ3) is 4.28. The van der Waals surface area contributed by atoms with Gasteiger partial charge in [0.1, 0.15) is 0 Å². The van der Waals surface area contributed by atoms with Crippen LogP contribution in [0.2, 0.25) is 0 Å². The van der Waals surface area contributed by atoms with Gasteiger partial charge in [-0.25, -0.2) is 4.98 Å². The SMILES string of the molecule is COC[C@H]1CC[C@H]1NC(=O)CCCc1csc(C)n1. The predicted molar refractivity (Wildman–Crippen MR) is 76.3 cm³/mol. The lowest BCUT2D eigenvalue weighted by Crippen LogP contribution is -2.48. The van der Waals surface area contributed by atoms with E-state index < -0.39 is 0 Å². The molecule has 106 valence electrons. The number of carbonyl (C=O) groups excluding carboxylic acids is 1. The quantitative estimate of drug-likeness (QED) is 0.835. The van der Waals surface area contributed by atoms with E-state index in [1.54, 1.807) is 18.4 Å². The fourth-order valence-corrected chi connectivity index (χ4v) is 3.05. The summed E-state index contributed by atoms with van der Waals surface area (Å²) in [6.45, 7) is 2.76. The zero-order valence-electron chi connectivity index (χ0n) is 11.6. The van der Waals surface area contributed by atoms with E-state index in [1.165, 1.54) is 0 Å². The van der Waals surface area contributed by atoms with Crippen LogP contribution in [0.3, 0.4) is 0 Å². The summed E-state index contributed by atoms with van der Waals surface area (Å²) in [4.78, 5) is 16.2. The first-order valence-corrected chi connectivity index (χ1v) is 7.76. The summed E-state index contributed by atoms with van der Waals surface area (Å²) in [5.41, 5.74) is 1.11. The highest BCUT2D eigenvalue weighted by molar-refractivity contribution is 7.09. The molecule has 2 atom stereocenters. The lowest BCUT2D eigenvalue weighted by atomic mass is 9.80. The summed E-state index contributed by atoms with van der Waals surface area (Å²) in [7, 11) is 1.72. The maximum atomic E-state index is 11.8. The maximum absolute atomic E-state index is 11.8. The number of thiazole rings is 1. The van der Waals surface area contributed by atoms with E-state index in [2.05, 4.69) is 15.7 Å². The van der Waals surface area contributed by atoms with Crippen LogP contribution in [0.5, 0.6) is 0 Å². The lowest BCUT2D eigenvalue weighted by molar-refractivity contribution is -0.123. The topological polar surface area (TPSA) is 51.2 Å². The summed E-state index contributed by atoms with van der Waals surface area (Å²) in [5.74, 6) is 0.674. The van der Waals surface area contributed by atoms with Crippen molar-refractivity contribution in [3.63, 3.8) is 0 Å². The molecule has 1 aromatic rings. The predicted octanol–water partition coefficient (Wildman–Crippen LogP) is 2.32. The molecule has 4 nitrogen and oxygen atoms in total. The number of nitrogens with one attached hydrogen (secondary N) is 1. The Kier molecular flexibility index (Phi) is 5.34. The van der Waals surface area contributed by atoms with Crippen molar-refractivity contribution >= 4 is 17.2 Å². The molecule has 0 saturated heterocycles. The number of ether oxygens (including phenoxy) is 1. The number of hydrogen-bond donors (Lipinski definition) is 1. The first kappa shape index (κ1) is 14.5. The number of aromatic nitrogens is 1. The Bertz CT molecular complexity index is 419. The number of amides is 1. The summed E-state index contributed by atoms with van der Waals surface area (Å²) < 4.78 is 5.14. The van der Waals surface area contributed by atoms with Crippen LogP contribution in [0.4, 0.5) is 0 Å². The second-order valence-electron chi connectivity index (χ2n) is 5.18. The van der Waals surface area contributed by atoms with Gasteiger partial charge in [-0.15, -0.1) is 11.3 Å². The third-order valence-electron chi connectivity index (χ3n) is 3.65. The highest BCUT2D eigenvalue weighted by Crippen LogP contribution is 2.27. The number of rotatable bonds is 7. The van der Waals surface area contributed by atoms with Crippen molar-refractivity contribution < 1.29 is 9.53 Å². The van der Waals surface area contributed by atoms with Crippen LogP contribution in [-0.2, 0) is 16.0 Å². The second kappa shape index (κ2) is 7.01. The van der Waals surface area contributed by atoms with E-state index in [4.69, 9.17) is 4.74 Å². The first-order chi connectivity index (χ1) is 9.19. The monoisotopic (exact) mass is 282 g/mol. The Morgan fingerprint density at radius 1 is 1.58 bits per heavy atom. The van der Waals surface area contributed by atoms with Crippen LogP contribution in [0, 0.1) is 12.8 Å². The molecule has 0 bridgehead atoms. The van der Waals surface area contributed by atoms with Gasteiger partial charge in [-0.1, -0.05) is 0 Å². The highest BCUT2D eigenvalue weighted by atomic mass is 32.1. The minimum absolute atomic E-state index is 0.165. The molecule has 19 heavy (non-hydrogen) atoms. The van der Waals surface area contributed by atoms with Gasteiger partial charge in [0.25, 0.3) is 0 Å². The Morgan fingerprint density at radius 3 is 3.00 bits per heavy atom. The van der Waals surface area contributed by atoms with Gasteiger partial charge in [-0.2, -0.15) is 0 Å². The smallest absolute Gasteiger partial charge is 0.220 e. The molecule has 1 N–H and O–H groups in total. The molecule has 0 radical (unpaired) electrons. The standard InChI is InChI=1S/C14H22N2O2S/c1-10-15-12(9-19-10)4-3-5-14(17)16-13-7-6-11(13)8-18-2/h9,11,13H,3-8H2,1-2H3,(H,16,17)/t11-,13-/m1/s1. The highest BCUT2D eigenvalue weighted by Gasteiger charge is 2.31. The summed E-state index contributed by atoms with van der Waals surface area (Å²) >= 11 is 1.67. The number of carbonyl (C=O) groups is 1. The first-order valence-electron chi connectivity index (χ1n) is 6.88. The number of nitrogens with zero attached hydrogens (tertiary/aromatic N) is 1. The van der Waals surface area contributed by atoms with Gasteiger partial charge in [-0.3, -0.25) is 4.79 Å². The van der Waals surface area contributed by atoms with E-state index >= 15 is 0 Å². The van der Waals surface area contributed by atoms with Crippen LogP contribution in [0.15, 0.2) is 5.38 Å². The Hall–Kier alpha value is -0.940. The molecule has 0 spiro atoms.